The third kappa shape index (κ3) is 6.28. The number of benzene rings is 2. The predicted octanol–water partition coefficient (Wildman–Crippen LogP) is 4.19. The van der Waals surface area contributed by atoms with Crippen LogP contribution in [0.25, 0.3) is 0 Å². The van der Waals surface area contributed by atoms with E-state index in [1.807, 2.05) is 25.1 Å². The number of hydrogen-bond acceptors (Lipinski definition) is 3. The summed E-state index contributed by atoms with van der Waals surface area (Å²) in [7, 11) is 0. The molecule has 1 aliphatic heterocycles. The van der Waals surface area contributed by atoms with Crippen LogP contribution in [0.4, 0.5) is 4.39 Å². The summed E-state index contributed by atoms with van der Waals surface area (Å²) < 4.78 is 13.3. The van der Waals surface area contributed by atoms with E-state index in [2.05, 4.69) is 40.6 Å². The number of halogens is 1. The fraction of sp³-hybridized carbons (Fsp3) is 0.360. The minimum absolute atomic E-state index is 0.171. The first kappa shape index (κ1) is 21.3. The van der Waals surface area contributed by atoms with Gasteiger partial charge in [0.2, 0.25) is 0 Å². The second kappa shape index (κ2) is 10.9. The zero-order chi connectivity index (χ0) is 20.5. The van der Waals surface area contributed by atoms with Gasteiger partial charge in [0.15, 0.2) is 0 Å². The highest BCUT2D eigenvalue weighted by atomic mass is 19.1. The second-order valence-electron chi connectivity index (χ2n) is 7.68. The number of allylic oxidation sites excluding steroid dienone is 1. The summed E-state index contributed by atoms with van der Waals surface area (Å²) in [6.07, 6.45) is 8.69. The molecule has 0 saturated carbocycles. The van der Waals surface area contributed by atoms with Gasteiger partial charge in [-0.2, -0.15) is 0 Å². The van der Waals surface area contributed by atoms with Gasteiger partial charge in [0.25, 0.3) is 0 Å². The molecule has 1 atom stereocenters. The van der Waals surface area contributed by atoms with Crippen molar-refractivity contribution in [1.82, 2.24) is 10.2 Å². The third-order valence-electron chi connectivity index (χ3n) is 5.66. The van der Waals surface area contributed by atoms with E-state index in [1.54, 1.807) is 18.3 Å². The summed E-state index contributed by atoms with van der Waals surface area (Å²) in [5.41, 5.74) is 10.8. The Bertz CT molecular complexity index is 826. The standard InChI is InChI=1S/C25H32FN3/c1-2-20(12-13-27)18-28-14-5-15-29-19-23-7-4-3-6-22(23)17-25(29)16-21-8-10-24(26)11-9-21/h2-4,6-13,25,28H,5,14-19,27H2,1H3/b13-12-,20-2+. The van der Waals surface area contributed by atoms with Crippen molar-refractivity contribution in [2.45, 2.75) is 38.8 Å². The molecule has 1 unspecified atom stereocenters. The molecule has 0 aliphatic carbocycles. The molecular weight excluding hydrogens is 361 g/mol. The number of nitrogens with one attached hydrogen (secondary N) is 1. The van der Waals surface area contributed by atoms with Gasteiger partial charge in [-0.05, 0) is 79.4 Å². The lowest BCUT2D eigenvalue weighted by Gasteiger charge is -2.37. The molecule has 0 saturated heterocycles. The first-order chi connectivity index (χ1) is 14.2. The molecule has 0 amide bonds. The van der Waals surface area contributed by atoms with E-state index >= 15 is 0 Å². The molecule has 29 heavy (non-hydrogen) atoms. The van der Waals surface area contributed by atoms with Gasteiger partial charge < -0.3 is 11.1 Å². The zero-order valence-electron chi connectivity index (χ0n) is 17.3. The van der Waals surface area contributed by atoms with E-state index in [1.165, 1.54) is 22.3 Å². The molecule has 3 rings (SSSR count). The number of fused-ring (bicyclic) bond motifs is 1. The summed E-state index contributed by atoms with van der Waals surface area (Å²) in [5.74, 6) is -0.171. The van der Waals surface area contributed by atoms with Crippen LogP contribution in [-0.4, -0.2) is 30.6 Å². The van der Waals surface area contributed by atoms with Gasteiger partial charge in [0.05, 0.1) is 0 Å². The predicted molar refractivity (Wildman–Crippen MR) is 119 cm³/mol. The van der Waals surface area contributed by atoms with Crippen molar-refractivity contribution in [3.8, 4) is 0 Å². The van der Waals surface area contributed by atoms with E-state index in [4.69, 9.17) is 5.73 Å². The Morgan fingerprint density at radius 1 is 1.17 bits per heavy atom. The first-order valence-electron chi connectivity index (χ1n) is 10.5. The van der Waals surface area contributed by atoms with Crippen LogP contribution in [0.5, 0.6) is 0 Å². The van der Waals surface area contributed by atoms with Crippen molar-refractivity contribution in [2.75, 3.05) is 19.6 Å². The van der Waals surface area contributed by atoms with Crippen LogP contribution in [0.15, 0.2) is 72.5 Å². The van der Waals surface area contributed by atoms with Crippen LogP contribution in [0, 0.1) is 5.82 Å². The average Bonchev–Trinajstić information content (AvgIpc) is 2.74. The number of nitrogens with zero attached hydrogens (tertiary/aromatic N) is 1. The normalized spacial score (nSPS) is 17.6. The van der Waals surface area contributed by atoms with E-state index in [-0.39, 0.29) is 5.82 Å². The molecule has 2 aromatic carbocycles. The summed E-state index contributed by atoms with van der Waals surface area (Å²) in [5, 5.41) is 3.51. The summed E-state index contributed by atoms with van der Waals surface area (Å²) in [6.45, 7) is 5.87. The SMILES string of the molecule is C/C=C(\C=C/N)CNCCCN1Cc2ccccc2CC1Cc1ccc(F)cc1. The van der Waals surface area contributed by atoms with Crippen LogP contribution >= 0.6 is 0 Å². The molecule has 0 bridgehead atoms. The second-order valence-corrected chi connectivity index (χ2v) is 7.68. The van der Waals surface area contributed by atoms with Gasteiger partial charge in [0, 0.05) is 25.7 Å². The summed E-state index contributed by atoms with van der Waals surface area (Å²) >= 11 is 0. The zero-order valence-corrected chi connectivity index (χ0v) is 17.3. The van der Waals surface area contributed by atoms with E-state index < -0.39 is 0 Å². The monoisotopic (exact) mass is 393 g/mol. The molecule has 0 spiro atoms. The van der Waals surface area contributed by atoms with E-state index in [9.17, 15) is 4.39 Å². The van der Waals surface area contributed by atoms with Crippen LogP contribution in [-0.2, 0) is 19.4 Å². The van der Waals surface area contributed by atoms with E-state index in [0.29, 0.717) is 6.04 Å². The lowest BCUT2D eigenvalue weighted by molar-refractivity contribution is 0.168. The van der Waals surface area contributed by atoms with Gasteiger partial charge in [-0.25, -0.2) is 4.39 Å². The van der Waals surface area contributed by atoms with Gasteiger partial charge in [0.1, 0.15) is 5.82 Å². The first-order valence-corrected chi connectivity index (χ1v) is 10.5. The molecule has 1 aliphatic rings. The molecule has 2 aromatic rings. The topological polar surface area (TPSA) is 41.3 Å². The molecule has 0 fully saturated rings. The number of rotatable bonds is 9. The van der Waals surface area contributed by atoms with E-state index in [0.717, 1.165) is 45.4 Å². The lowest BCUT2D eigenvalue weighted by Crippen LogP contribution is -2.43. The minimum atomic E-state index is -0.171. The fourth-order valence-electron chi connectivity index (χ4n) is 4.02. The Hall–Kier alpha value is -2.43. The Balaban J connectivity index is 1.58. The van der Waals surface area contributed by atoms with Crippen molar-refractivity contribution in [3.63, 3.8) is 0 Å². The minimum Gasteiger partial charge on any atom is -0.405 e. The van der Waals surface area contributed by atoms with Crippen molar-refractivity contribution in [1.29, 1.82) is 0 Å². The number of nitrogens with two attached hydrogens (primary N) is 1. The lowest BCUT2D eigenvalue weighted by atomic mass is 9.90. The van der Waals surface area contributed by atoms with Crippen LogP contribution in [0.2, 0.25) is 0 Å². The molecule has 154 valence electrons. The molecule has 0 radical (unpaired) electrons. The Morgan fingerprint density at radius 2 is 1.93 bits per heavy atom. The molecule has 4 heteroatoms. The average molecular weight is 394 g/mol. The van der Waals surface area contributed by atoms with Crippen molar-refractivity contribution >= 4 is 0 Å². The Labute approximate surface area is 174 Å². The quantitative estimate of drug-likeness (QED) is 0.496. The number of hydrogen-bond donors (Lipinski definition) is 2. The van der Waals surface area contributed by atoms with Gasteiger partial charge in [-0.15, -0.1) is 0 Å². The van der Waals surface area contributed by atoms with Gasteiger partial charge in [-0.3, -0.25) is 4.90 Å². The maximum atomic E-state index is 13.3. The maximum absolute atomic E-state index is 13.3. The highest BCUT2D eigenvalue weighted by molar-refractivity contribution is 5.31. The highest BCUT2D eigenvalue weighted by Gasteiger charge is 2.25. The van der Waals surface area contributed by atoms with Gasteiger partial charge in [-0.1, -0.05) is 42.5 Å². The molecule has 3 nitrogen and oxygen atoms in total. The fourth-order valence-corrected chi connectivity index (χ4v) is 4.02. The molecule has 1 heterocycles. The van der Waals surface area contributed by atoms with Crippen LogP contribution in [0.1, 0.15) is 30.0 Å². The smallest absolute Gasteiger partial charge is 0.123 e. The van der Waals surface area contributed by atoms with Crippen molar-refractivity contribution in [3.05, 3.63) is 95.0 Å². The molecule has 3 N–H and O–H groups in total. The van der Waals surface area contributed by atoms with Crippen molar-refractivity contribution < 1.29 is 4.39 Å². The molecule has 0 aromatic heterocycles. The summed E-state index contributed by atoms with van der Waals surface area (Å²) in [6, 6.07) is 16.1. The van der Waals surface area contributed by atoms with Gasteiger partial charge >= 0.3 is 0 Å². The Morgan fingerprint density at radius 3 is 2.66 bits per heavy atom. The van der Waals surface area contributed by atoms with Crippen LogP contribution < -0.4 is 11.1 Å². The van der Waals surface area contributed by atoms with Crippen molar-refractivity contribution in [2.24, 2.45) is 5.73 Å². The maximum Gasteiger partial charge on any atom is 0.123 e. The summed E-state index contributed by atoms with van der Waals surface area (Å²) in [4.78, 5) is 2.59. The molecular formula is C25H32FN3. The Kier molecular flexibility index (Phi) is 8.03. The van der Waals surface area contributed by atoms with Crippen LogP contribution in [0.3, 0.4) is 0 Å². The highest BCUT2D eigenvalue weighted by Crippen LogP contribution is 2.25. The largest absolute Gasteiger partial charge is 0.405 e. The third-order valence-corrected chi connectivity index (χ3v) is 5.66.